The molecule has 0 saturated carbocycles. The number of halogens is 2. The van der Waals surface area contributed by atoms with Crippen LogP contribution in [0, 0.1) is 0 Å². The lowest BCUT2D eigenvalue weighted by Crippen LogP contribution is -1.79. The van der Waals surface area contributed by atoms with Gasteiger partial charge in [0.1, 0.15) is 6.26 Å². The van der Waals surface area contributed by atoms with Crippen molar-refractivity contribution in [3.05, 3.63) is 34.6 Å². The van der Waals surface area contributed by atoms with Gasteiger partial charge in [-0.05, 0) is 12.1 Å². The average Bonchev–Trinajstić information content (AvgIpc) is 2.66. The summed E-state index contributed by atoms with van der Waals surface area (Å²) in [7, 11) is 0. The fourth-order valence-corrected chi connectivity index (χ4v) is 1.54. The first-order chi connectivity index (χ1) is 6.68. The number of aromatic hydroxyl groups is 1. The molecule has 0 aliphatic carbocycles. The Kier molecular flexibility index (Phi) is 2.35. The second-order valence-corrected chi connectivity index (χ2v) is 3.44. The predicted molar refractivity (Wildman–Crippen MR) is 53.6 cm³/mol. The van der Waals surface area contributed by atoms with Gasteiger partial charge in [0.15, 0.2) is 5.75 Å². The second kappa shape index (κ2) is 3.52. The monoisotopic (exact) mass is 229 g/mol. The van der Waals surface area contributed by atoms with Crippen LogP contribution in [0.4, 0.5) is 0 Å². The molecular formula is C9H5Cl2NO2. The third kappa shape index (κ3) is 1.56. The average molecular weight is 230 g/mol. The maximum Gasteiger partial charge on any atom is 0.225 e. The van der Waals surface area contributed by atoms with Crippen LogP contribution in [0.5, 0.6) is 5.75 Å². The van der Waals surface area contributed by atoms with Gasteiger partial charge in [-0.1, -0.05) is 23.2 Å². The minimum Gasteiger partial charge on any atom is -0.505 e. The summed E-state index contributed by atoms with van der Waals surface area (Å²) in [6.45, 7) is 0. The molecule has 14 heavy (non-hydrogen) atoms. The number of rotatable bonds is 1. The summed E-state index contributed by atoms with van der Waals surface area (Å²) in [5.74, 6) is 0.275. The van der Waals surface area contributed by atoms with E-state index in [2.05, 4.69) is 4.98 Å². The van der Waals surface area contributed by atoms with E-state index in [9.17, 15) is 5.11 Å². The van der Waals surface area contributed by atoms with E-state index in [1.807, 2.05) is 0 Å². The molecule has 1 aromatic carbocycles. The normalized spacial score (nSPS) is 10.4. The highest BCUT2D eigenvalue weighted by Crippen LogP contribution is 2.35. The molecule has 0 unspecified atom stereocenters. The van der Waals surface area contributed by atoms with Gasteiger partial charge in [-0.2, -0.15) is 0 Å². The van der Waals surface area contributed by atoms with E-state index in [1.54, 1.807) is 0 Å². The molecule has 0 atom stereocenters. The quantitative estimate of drug-likeness (QED) is 0.816. The number of hydrogen-bond donors (Lipinski definition) is 1. The molecule has 3 nitrogen and oxygen atoms in total. The summed E-state index contributed by atoms with van der Waals surface area (Å²) in [6, 6.07) is 3.07. The number of hydrogen-bond acceptors (Lipinski definition) is 3. The van der Waals surface area contributed by atoms with Crippen LogP contribution in [-0.2, 0) is 0 Å². The Morgan fingerprint density at radius 3 is 2.36 bits per heavy atom. The first kappa shape index (κ1) is 9.37. The van der Waals surface area contributed by atoms with Crippen LogP contribution in [0.1, 0.15) is 0 Å². The summed E-state index contributed by atoms with van der Waals surface area (Å²) in [5, 5.41) is 9.66. The fraction of sp³-hybridized carbons (Fsp3) is 0. The summed E-state index contributed by atoms with van der Waals surface area (Å²) < 4.78 is 5.06. The lowest BCUT2D eigenvalue weighted by molar-refractivity contribution is 0.476. The first-order valence-electron chi connectivity index (χ1n) is 3.76. The van der Waals surface area contributed by atoms with Crippen molar-refractivity contribution < 1.29 is 9.52 Å². The summed E-state index contributed by atoms with van der Waals surface area (Å²) in [4.78, 5) is 3.93. The Hall–Kier alpha value is -1.19. The van der Waals surface area contributed by atoms with Gasteiger partial charge in [0, 0.05) is 5.56 Å². The first-order valence-corrected chi connectivity index (χ1v) is 4.52. The molecule has 0 aliphatic heterocycles. The number of phenolic OH excluding ortho intramolecular Hbond substituents is 1. The second-order valence-electron chi connectivity index (χ2n) is 2.63. The third-order valence-corrected chi connectivity index (χ3v) is 2.27. The molecule has 1 N–H and O–H groups in total. The number of benzene rings is 1. The van der Waals surface area contributed by atoms with E-state index < -0.39 is 0 Å². The Morgan fingerprint density at radius 1 is 1.21 bits per heavy atom. The zero-order valence-corrected chi connectivity index (χ0v) is 8.38. The molecule has 1 aromatic heterocycles. The van der Waals surface area contributed by atoms with Crippen LogP contribution in [0.3, 0.4) is 0 Å². The molecule has 0 radical (unpaired) electrons. The molecule has 1 heterocycles. The minimum atomic E-state index is -0.136. The lowest BCUT2D eigenvalue weighted by atomic mass is 10.2. The molecule has 5 heteroatoms. The SMILES string of the molecule is Oc1c(Cl)cc(-c2ncco2)cc1Cl. The predicted octanol–water partition coefficient (Wildman–Crippen LogP) is 3.35. The number of nitrogens with zero attached hydrogens (tertiary/aromatic N) is 1. The lowest BCUT2D eigenvalue weighted by Gasteiger charge is -2.01. The topological polar surface area (TPSA) is 46.3 Å². The Morgan fingerprint density at radius 2 is 1.86 bits per heavy atom. The Labute approximate surface area is 89.9 Å². The molecule has 0 aliphatic rings. The van der Waals surface area contributed by atoms with Gasteiger partial charge in [0.05, 0.1) is 16.2 Å². The van der Waals surface area contributed by atoms with Gasteiger partial charge in [-0.3, -0.25) is 0 Å². The molecule has 0 amide bonds. The fourth-order valence-electron chi connectivity index (χ4n) is 1.06. The number of oxazole rings is 1. The molecule has 2 rings (SSSR count). The summed E-state index contributed by atoms with van der Waals surface area (Å²) in [5.41, 5.74) is 0.628. The van der Waals surface area contributed by atoms with Gasteiger partial charge in [0.2, 0.25) is 5.89 Å². The highest BCUT2D eigenvalue weighted by atomic mass is 35.5. The molecule has 0 fully saturated rings. The highest BCUT2D eigenvalue weighted by Gasteiger charge is 2.10. The van der Waals surface area contributed by atoms with Crippen LogP contribution in [0.25, 0.3) is 11.5 Å². The van der Waals surface area contributed by atoms with E-state index in [0.29, 0.717) is 11.5 Å². The third-order valence-electron chi connectivity index (χ3n) is 1.70. The van der Waals surface area contributed by atoms with Crippen molar-refractivity contribution in [2.45, 2.75) is 0 Å². The van der Waals surface area contributed by atoms with Crippen LogP contribution in [0.2, 0.25) is 10.0 Å². The van der Waals surface area contributed by atoms with Crippen molar-refractivity contribution in [2.24, 2.45) is 0 Å². The van der Waals surface area contributed by atoms with Crippen molar-refractivity contribution in [3.63, 3.8) is 0 Å². The molecule has 0 spiro atoms. The van der Waals surface area contributed by atoms with Crippen LogP contribution >= 0.6 is 23.2 Å². The number of aromatic nitrogens is 1. The van der Waals surface area contributed by atoms with Crippen LogP contribution in [0.15, 0.2) is 29.0 Å². The standard InChI is InChI=1S/C9H5Cl2NO2/c10-6-3-5(4-7(11)8(6)13)9-12-1-2-14-9/h1-4,13H. The van der Waals surface area contributed by atoms with E-state index in [1.165, 1.54) is 24.6 Å². The van der Waals surface area contributed by atoms with Crippen LogP contribution in [-0.4, -0.2) is 10.1 Å². The van der Waals surface area contributed by atoms with Crippen molar-refractivity contribution in [2.75, 3.05) is 0 Å². The molecule has 0 saturated heterocycles. The van der Waals surface area contributed by atoms with E-state index in [-0.39, 0.29) is 15.8 Å². The summed E-state index contributed by atoms with van der Waals surface area (Å²) in [6.07, 6.45) is 2.97. The molecule has 72 valence electrons. The number of phenols is 1. The smallest absolute Gasteiger partial charge is 0.225 e. The highest BCUT2D eigenvalue weighted by molar-refractivity contribution is 6.37. The van der Waals surface area contributed by atoms with E-state index >= 15 is 0 Å². The Bertz CT molecular complexity index is 431. The minimum absolute atomic E-state index is 0.136. The molecule has 2 aromatic rings. The largest absolute Gasteiger partial charge is 0.505 e. The van der Waals surface area contributed by atoms with Crippen molar-refractivity contribution in [1.29, 1.82) is 0 Å². The van der Waals surface area contributed by atoms with Crippen molar-refractivity contribution in [1.82, 2.24) is 4.98 Å². The Balaban J connectivity index is 2.57. The van der Waals surface area contributed by atoms with E-state index in [0.717, 1.165) is 0 Å². The van der Waals surface area contributed by atoms with Crippen molar-refractivity contribution >= 4 is 23.2 Å². The van der Waals surface area contributed by atoms with Crippen molar-refractivity contribution in [3.8, 4) is 17.2 Å². The van der Waals surface area contributed by atoms with Gasteiger partial charge in [-0.15, -0.1) is 0 Å². The van der Waals surface area contributed by atoms with Gasteiger partial charge in [0.25, 0.3) is 0 Å². The van der Waals surface area contributed by atoms with Gasteiger partial charge >= 0.3 is 0 Å². The van der Waals surface area contributed by atoms with Crippen LogP contribution < -0.4 is 0 Å². The molecule has 0 bridgehead atoms. The van der Waals surface area contributed by atoms with E-state index in [4.69, 9.17) is 27.6 Å². The zero-order valence-electron chi connectivity index (χ0n) is 6.87. The zero-order chi connectivity index (χ0) is 10.1. The maximum absolute atomic E-state index is 9.31. The van der Waals surface area contributed by atoms with Gasteiger partial charge in [-0.25, -0.2) is 4.98 Å². The molecular weight excluding hydrogens is 225 g/mol. The van der Waals surface area contributed by atoms with Gasteiger partial charge < -0.3 is 9.52 Å². The maximum atomic E-state index is 9.31. The summed E-state index contributed by atoms with van der Waals surface area (Å²) >= 11 is 11.5.